The van der Waals surface area contributed by atoms with Crippen LogP contribution in [0.25, 0.3) is 0 Å². The molecule has 0 spiro atoms. The fourth-order valence-electron chi connectivity index (χ4n) is 1.46. The maximum absolute atomic E-state index is 5.33. The van der Waals surface area contributed by atoms with Gasteiger partial charge in [0.1, 0.15) is 5.76 Å². The van der Waals surface area contributed by atoms with Crippen LogP contribution in [0, 0.1) is 0 Å². The van der Waals surface area contributed by atoms with Gasteiger partial charge in [0, 0.05) is 17.3 Å². The van der Waals surface area contributed by atoms with Gasteiger partial charge in [0.15, 0.2) is 0 Å². The van der Waals surface area contributed by atoms with Crippen LogP contribution in [0.4, 0.5) is 0 Å². The minimum absolute atomic E-state index is 0.362. The summed E-state index contributed by atoms with van der Waals surface area (Å²) in [5, 5.41) is 5.39. The zero-order valence-corrected chi connectivity index (χ0v) is 8.88. The molecular formula is C11H13NOS. The lowest BCUT2D eigenvalue weighted by atomic mass is 10.1. The topological polar surface area (TPSA) is 25.2 Å². The first-order chi connectivity index (χ1) is 6.90. The number of nitrogens with one attached hydrogen (secondary N) is 1. The van der Waals surface area contributed by atoms with Crippen molar-refractivity contribution < 1.29 is 4.42 Å². The van der Waals surface area contributed by atoms with Crippen LogP contribution in [0.5, 0.6) is 0 Å². The zero-order valence-electron chi connectivity index (χ0n) is 8.07. The highest BCUT2D eigenvalue weighted by Gasteiger charge is 2.11. The fraction of sp³-hybridized carbons (Fsp3) is 0.273. The quantitative estimate of drug-likeness (QED) is 0.834. The Morgan fingerprint density at radius 1 is 1.43 bits per heavy atom. The molecule has 2 aromatic heterocycles. The zero-order chi connectivity index (χ0) is 9.80. The molecule has 0 aromatic carbocycles. The van der Waals surface area contributed by atoms with Gasteiger partial charge in [-0.25, -0.2) is 0 Å². The van der Waals surface area contributed by atoms with E-state index in [9.17, 15) is 0 Å². The average molecular weight is 207 g/mol. The normalized spacial score (nSPS) is 12.9. The average Bonchev–Trinajstić information content (AvgIpc) is 2.86. The van der Waals surface area contributed by atoms with Crippen LogP contribution in [-0.2, 0) is 6.42 Å². The van der Waals surface area contributed by atoms with Crippen molar-refractivity contribution in [1.29, 1.82) is 0 Å². The Hall–Kier alpha value is -1.06. The summed E-state index contributed by atoms with van der Waals surface area (Å²) in [5.74, 6) is 1.03. The summed E-state index contributed by atoms with van der Waals surface area (Å²) < 4.78 is 5.33. The minimum Gasteiger partial charge on any atom is -0.469 e. The SMILES string of the molecule is CNC(Cc1ccco1)c1cccs1. The Kier molecular flexibility index (Phi) is 3.01. The van der Waals surface area contributed by atoms with E-state index in [4.69, 9.17) is 4.42 Å². The van der Waals surface area contributed by atoms with Crippen LogP contribution in [0.15, 0.2) is 40.3 Å². The van der Waals surface area contributed by atoms with Crippen LogP contribution >= 0.6 is 11.3 Å². The van der Waals surface area contributed by atoms with E-state index in [0.29, 0.717) is 6.04 Å². The number of furan rings is 1. The van der Waals surface area contributed by atoms with Crippen molar-refractivity contribution in [1.82, 2.24) is 5.32 Å². The summed E-state index contributed by atoms with van der Waals surface area (Å²) >= 11 is 1.77. The summed E-state index contributed by atoms with van der Waals surface area (Å²) in [6, 6.07) is 8.52. The van der Waals surface area contributed by atoms with Crippen molar-refractivity contribution in [2.75, 3.05) is 7.05 Å². The number of rotatable bonds is 4. The minimum atomic E-state index is 0.362. The van der Waals surface area contributed by atoms with E-state index in [2.05, 4.69) is 22.8 Å². The third-order valence-electron chi connectivity index (χ3n) is 2.22. The number of hydrogen-bond acceptors (Lipinski definition) is 3. The van der Waals surface area contributed by atoms with Crippen LogP contribution in [0.3, 0.4) is 0 Å². The van der Waals surface area contributed by atoms with Crippen molar-refractivity contribution in [2.45, 2.75) is 12.5 Å². The maximum atomic E-state index is 5.33. The molecule has 0 bridgehead atoms. The third kappa shape index (κ3) is 2.05. The lowest BCUT2D eigenvalue weighted by molar-refractivity contribution is 0.469. The lowest BCUT2D eigenvalue weighted by Crippen LogP contribution is -2.17. The Morgan fingerprint density at radius 2 is 2.36 bits per heavy atom. The van der Waals surface area contributed by atoms with Crippen molar-refractivity contribution in [3.8, 4) is 0 Å². The molecule has 2 nitrogen and oxygen atoms in total. The number of hydrogen-bond donors (Lipinski definition) is 1. The van der Waals surface area contributed by atoms with Gasteiger partial charge >= 0.3 is 0 Å². The molecule has 0 fully saturated rings. The second-order valence-corrected chi connectivity index (χ2v) is 4.12. The second-order valence-electron chi connectivity index (χ2n) is 3.14. The molecule has 2 heterocycles. The third-order valence-corrected chi connectivity index (χ3v) is 3.21. The van der Waals surface area contributed by atoms with E-state index >= 15 is 0 Å². The van der Waals surface area contributed by atoms with Gasteiger partial charge in [-0.3, -0.25) is 0 Å². The summed E-state index contributed by atoms with van der Waals surface area (Å²) in [6.07, 6.45) is 2.63. The van der Waals surface area contributed by atoms with E-state index in [0.717, 1.165) is 12.2 Å². The number of likely N-dealkylation sites (N-methyl/N-ethyl adjacent to an activating group) is 1. The standard InChI is InChI=1S/C11H13NOS/c1-12-10(11-5-3-7-14-11)8-9-4-2-6-13-9/h2-7,10,12H,8H2,1H3. The summed E-state index contributed by atoms with van der Waals surface area (Å²) in [4.78, 5) is 1.35. The van der Waals surface area contributed by atoms with Crippen LogP contribution in [0.2, 0.25) is 0 Å². The fourth-order valence-corrected chi connectivity index (χ4v) is 2.30. The molecule has 0 aliphatic carbocycles. The summed E-state index contributed by atoms with van der Waals surface area (Å²) in [6.45, 7) is 0. The summed E-state index contributed by atoms with van der Waals surface area (Å²) in [7, 11) is 1.98. The van der Waals surface area contributed by atoms with Gasteiger partial charge in [-0.1, -0.05) is 6.07 Å². The summed E-state index contributed by atoms with van der Waals surface area (Å²) in [5.41, 5.74) is 0. The molecule has 1 N–H and O–H groups in total. The predicted molar refractivity (Wildman–Crippen MR) is 58.5 cm³/mol. The molecule has 2 rings (SSSR count). The van der Waals surface area contributed by atoms with E-state index in [1.165, 1.54) is 4.88 Å². The molecule has 0 saturated carbocycles. The van der Waals surface area contributed by atoms with Crippen molar-refractivity contribution in [2.24, 2.45) is 0 Å². The highest BCUT2D eigenvalue weighted by Crippen LogP contribution is 2.22. The van der Waals surface area contributed by atoms with Gasteiger partial charge in [-0.2, -0.15) is 0 Å². The number of thiophene rings is 1. The Bertz CT molecular complexity index is 353. The lowest BCUT2D eigenvalue weighted by Gasteiger charge is -2.12. The van der Waals surface area contributed by atoms with Gasteiger partial charge < -0.3 is 9.73 Å². The van der Waals surface area contributed by atoms with Gasteiger partial charge in [-0.05, 0) is 30.6 Å². The van der Waals surface area contributed by atoms with E-state index in [1.807, 2.05) is 19.2 Å². The predicted octanol–water partition coefficient (Wildman–Crippen LogP) is 2.84. The van der Waals surface area contributed by atoms with E-state index < -0.39 is 0 Å². The van der Waals surface area contributed by atoms with Gasteiger partial charge in [0.05, 0.1) is 6.26 Å². The van der Waals surface area contributed by atoms with Crippen molar-refractivity contribution in [3.05, 3.63) is 46.5 Å². The Balaban J connectivity index is 2.08. The highest BCUT2D eigenvalue weighted by atomic mass is 32.1. The van der Waals surface area contributed by atoms with Crippen LogP contribution in [0.1, 0.15) is 16.7 Å². The van der Waals surface area contributed by atoms with Gasteiger partial charge in [0.25, 0.3) is 0 Å². The first kappa shape index (κ1) is 9.49. The molecule has 0 aliphatic rings. The van der Waals surface area contributed by atoms with E-state index in [1.54, 1.807) is 17.6 Å². The molecule has 0 amide bonds. The largest absolute Gasteiger partial charge is 0.469 e. The molecule has 0 saturated heterocycles. The molecule has 0 radical (unpaired) electrons. The van der Waals surface area contributed by atoms with Crippen LogP contribution < -0.4 is 5.32 Å². The molecule has 1 unspecified atom stereocenters. The first-order valence-corrected chi connectivity index (χ1v) is 5.51. The molecule has 0 aliphatic heterocycles. The maximum Gasteiger partial charge on any atom is 0.105 e. The van der Waals surface area contributed by atoms with E-state index in [-0.39, 0.29) is 0 Å². The second kappa shape index (κ2) is 4.44. The molecular weight excluding hydrogens is 194 g/mol. The Morgan fingerprint density at radius 3 is 2.93 bits per heavy atom. The van der Waals surface area contributed by atoms with Crippen LogP contribution in [-0.4, -0.2) is 7.05 Å². The molecule has 74 valence electrons. The van der Waals surface area contributed by atoms with Crippen molar-refractivity contribution in [3.63, 3.8) is 0 Å². The van der Waals surface area contributed by atoms with Gasteiger partial charge in [0.2, 0.25) is 0 Å². The Labute approximate surface area is 87.6 Å². The smallest absolute Gasteiger partial charge is 0.105 e. The first-order valence-electron chi connectivity index (χ1n) is 4.63. The highest BCUT2D eigenvalue weighted by molar-refractivity contribution is 7.10. The molecule has 14 heavy (non-hydrogen) atoms. The molecule has 1 atom stereocenters. The van der Waals surface area contributed by atoms with Crippen molar-refractivity contribution >= 4 is 11.3 Å². The van der Waals surface area contributed by atoms with Gasteiger partial charge in [-0.15, -0.1) is 11.3 Å². The monoisotopic (exact) mass is 207 g/mol. The molecule has 3 heteroatoms. The molecule has 2 aromatic rings.